The van der Waals surface area contributed by atoms with Gasteiger partial charge in [0.05, 0.1) is 7.11 Å². The number of carbonyl (C=O) groups excluding carboxylic acids is 2. The van der Waals surface area contributed by atoms with E-state index >= 15 is 0 Å². The summed E-state index contributed by atoms with van der Waals surface area (Å²) in [7, 11) is 1.39. The van der Waals surface area contributed by atoms with Crippen LogP contribution in [0.15, 0.2) is 0 Å². The van der Waals surface area contributed by atoms with Crippen LogP contribution >= 0.6 is 12.4 Å². The van der Waals surface area contributed by atoms with Gasteiger partial charge in [0, 0.05) is 12.0 Å². The third-order valence-corrected chi connectivity index (χ3v) is 4.39. The molecule has 1 aliphatic heterocycles. The van der Waals surface area contributed by atoms with Crippen LogP contribution in [0, 0.1) is 5.92 Å². The molecule has 6 heteroatoms. The first kappa shape index (κ1) is 17.2. The number of hydrogen-bond acceptors (Lipinski definition) is 4. The van der Waals surface area contributed by atoms with Gasteiger partial charge in [-0.15, -0.1) is 12.4 Å². The lowest BCUT2D eigenvalue weighted by molar-refractivity contribution is -0.151. The van der Waals surface area contributed by atoms with E-state index in [1.54, 1.807) is 0 Å². The lowest BCUT2D eigenvalue weighted by atomic mass is 9.90. The second kappa shape index (κ2) is 7.27. The van der Waals surface area contributed by atoms with Crippen molar-refractivity contribution in [1.29, 1.82) is 0 Å². The molecular formula is C14H25ClN2O3. The van der Waals surface area contributed by atoms with Crippen molar-refractivity contribution in [1.82, 2.24) is 10.6 Å². The van der Waals surface area contributed by atoms with E-state index in [4.69, 9.17) is 4.74 Å². The summed E-state index contributed by atoms with van der Waals surface area (Å²) in [6, 6.07) is 0.363. The number of esters is 1. The molecule has 2 N–H and O–H groups in total. The molecule has 0 aromatic rings. The molecule has 2 fully saturated rings. The van der Waals surface area contributed by atoms with Crippen LogP contribution in [0.25, 0.3) is 0 Å². The van der Waals surface area contributed by atoms with E-state index in [0.717, 1.165) is 32.2 Å². The average Bonchev–Trinajstić information content (AvgIpc) is 2.87. The van der Waals surface area contributed by atoms with Crippen LogP contribution in [0.4, 0.5) is 0 Å². The smallest absolute Gasteiger partial charge is 0.331 e. The molecule has 116 valence electrons. The Balaban J connectivity index is 0.00000200. The van der Waals surface area contributed by atoms with Crippen LogP contribution < -0.4 is 10.6 Å². The van der Waals surface area contributed by atoms with E-state index in [0.29, 0.717) is 18.9 Å². The van der Waals surface area contributed by atoms with Gasteiger partial charge in [-0.05, 0) is 39.2 Å². The molecule has 1 heterocycles. The van der Waals surface area contributed by atoms with Gasteiger partial charge in [0.2, 0.25) is 5.91 Å². The highest BCUT2D eigenvalue weighted by Crippen LogP contribution is 2.31. The molecule has 2 atom stereocenters. The molecule has 0 spiro atoms. The molecule has 20 heavy (non-hydrogen) atoms. The first-order chi connectivity index (χ1) is 9.07. The van der Waals surface area contributed by atoms with Crippen LogP contribution in [-0.2, 0) is 14.3 Å². The zero-order valence-corrected chi connectivity index (χ0v) is 13.1. The Morgan fingerprint density at radius 2 is 1.95 bits per heavy atom. The van der Waals surface area contributed by atoms with Crippen molar-refractivity contribution in [3.63, 3.8) is 0 Å². The van der Waals surface area contributed by atoms with Crippen molar-refractivity contribution in [3.05, 3.63) is 0 Å². The van der Waals surface area contributed by atoms with Crippen molar-refractivity contribution in [2.45, 2.75) is 57.0 Å². The summed E-state index contributed by atoms with van der Waals surface area (Å²) in [6.45, 7) is 2.95. The van der Waals surface area contributed by atoms with Gasteiger partial charge in [0.1, 0.15) is 5.54 Å². The maximum Gasteiger partial charge on any atom is 0.331 e. The molecule has 0 radical (unpaired) electrons. The first-order valence-corrected chi connectivity index (χ1v) is 7.21. The zero-order chi connectivity index (χ0) is 13.9. The fourth-order valence-corrected chi connectivity index (χ4v) is 3.26. The fraction of sp³-hybridized carbons (Fsp3) is 0.857. The van der Waals surface area contributed by atoms with Crippen LogP contribution in [0.5, 0.6) is 0 Å². The molecule has 0 aromatic carbocycles. The Morgan fingerprint density at radius 1 is 1.30 bits per heavy atom. The highest BCUT2D eigenvalue weighted by atomic mass is 35.5. The highest BCUT2D eigenvalue weighted by molar-refractivity contribution is 5.89. The van der Waals surface area contributed by atoms with Crippen molar-refractivity contribution >= 4 is 24.3 Å². The zero-order valence-electron chi connectivity index (χ0n) is 12.2. The predicted octanol–water partition coefficient (Wildman–Crippen LogP) is 1.40. The van der Waals surface area contributed by atoms with E-state index in [9.17, 15) is 9.59 Å². The minimum Gasteiger partial charge on any atom is -0.467 e. The molecule has 0 unspecified atom stereocenters. The lowest BCUT2D eigenvalue weighted by Gasteiger charge is -2.32. The molecule has 2 rings (SSSR count). The number of piperidine rings is 1. The second-order valence-electron chi connectivity index (χ2n) is 5.85. The number of methoxy groups -OCH3 is 1. The quantitative estimate of drug-likeness (QED) is 0.774. The molecule has 1 aliphatic carbocycles. The van der Waals surface area contributed by atoms with Gasteiger partial charge in [-0.2, -0.15) is 0 Å². The third-order valence-electron chi connectivity index (χ3n) is 4.39. The van der Waals surface area contributed by atoms with Crippen LogP contribution in [0.3, 0.4) is 0 Å². The van der Waals surface area contributed by atoms with E-state index in [2.05, 4.69) is 17.6 Å². The normalized spacial score (nSPS) is 28.3. The third kappa shape index (κ3) is 3.64. The van der Waals surface area contributed by atoms with E-state index in [-0.39, 0.29) is 30.2 Å². The Labute approximate surface area is 126 Å². The minimum absolute atomic E-state index is 0. The van der Waals surface area contributed by atoms with E-state index in [1.807, 2.05) is 0 Å². The van der Waals surface area contributed by atoms with Gasteiger partial charge in [0.25, 0.3) is 0 Å². The van der Waals surface area contributed by atoms with Gasteiger partial charge in [-0.3, -0.25) is 4.79 Å². The molecule has 0 bridgehead atoms. The summed E-state index contributed by atoms with van der Waals surface area (Å²) >= 11 is 0. The molecule has 1 amide bonds. The Kier molecular flexibility index (Phi) is 6.27. The van der Waals surface area contributed by atoms with Crippen LogP contribution in [0.1, 0.15) is 45.4 Å². The molecule has 1 saturated heterocycles. The molecular weight excluding hydrogens is 280 g/mol. The Hall–Kier alpha value is -0.810. The molecule has 1 saturated carbocycles. The maximum absolute atomic E-state index is 12.4. The topological polar surface area (TPSA) is 67.4 Å². The van der Waals surface area contributed by atoms with Crippen molar-refractivity contribution < 1.29 is 14.3 Å². The number of halogens is 1. The van der Waals surface area contributed by atoms with Crippen LogP contribution in [0.2, 0.25) is 0 Å². The number of nitrogens with one attached hydrogen (secondary N) is 2. The average molecular weight is 305 g/mol. The summed E-state index contributed by atoms with van der Waals surface area (Å²) in [5, 5.41) is 6.32. The van der Waals surface area contributed by atoms with Crippen molar-refractivity contribution in [3.8, 4) is 0 Å². The van der Waals surface area contributed by atoms with E-state index < -0.39 is 5.54 Å². The van der Waals surface area contributed by atoms with E-state index in [1.165, 1.54) is 7.11 Å². The van der Waals surface area contributed by atoms with Crippen molar-refractivity contribution in [2.75, 3.05) is 13.7 Å². The molecule has 0 aromatic heterocycles. The number of rotatable bonds is 3. The van der Waals surface area contributed by atoms with Gasteiger partial charge in [-0.25, -0.2) is 4.79 Å². The Morgan fingerprint density at radius 3 is 2.50 bits per heavy atom. The van der Waals surface area contributed by atoms with Crippen molar-refractivity contribution in [2.24, 2.45) is 5.92 Å². The Bertz CT molecular complexity index is 356. The highest BCUT2D eigenvalue weighted by Gasteiger charge is 2.44. The number of amides is 1. The number of hydrogen-bond donors (Lipinski definition) is 2. The predicted molar refractivity (Wildman–Crippen MR) is 78.8 cm³/mol. The van der Waals surface area contributed by atoms with Crippen LogP contribution in [-0.4, -0.2) is 37.1 Å². The second-order valence-corrected chi connectivity index (χ2v) is 5.85. The SMILES string of the molecule is COC(=O)C1(NC(=O)[C@H]2CCN[C@@H](C)C2)CCCC1.Cl. The monoisotopic (exact) mass is 304 g/mol. The summed E-state index contributed by atoms with van der Waals surface area (Å²) in [6.07, 6.45) is 5.02. The largest absolute Gasteiger partial charge is 0.467 e. The number of carbonyl (C=O) groups is 2. The standard InChI is InChI=1S/C14H24N2O3.ClH/c1-10-9-11(5-8-15-10)12(17)16-14(13(18)19-2)6-3-4-7-14;/h10-11,15H,3-9H2,1-2H3,(H,16,17);1H/t10-,11-;/m0./s1. The summed E-state index contributed by atoms with van der Waals surface area (Å²) < 4.78 is 4.88. The summed E-state index contributed by atoms with van der Waals surface area (Å²) in [4.78, 5) is 24.3. The lowest BCUT2D eigenvalue weighted by Crippen LogP contribution is -2.55. The maximum atomic E-state index is 12.4. The number of ether oxygens (including phenoxy) is 1. The van der Waals surface area contributed by atoms with Gasteiger partial charge in [0.15, 0.2) is 0 Å². The fourth-order valence-electron chi connectivity index (χ4n) is 3.26. The molecule has 5 nitrogen and oxygen atoms in total. The van der Waals surface area contributed by atoms with Gasteiger partial charge in [-0.1, -0.05) is 12.8 Å². The summed E-state index contributed by atoms with van der Waals surface area (Å²) in [5.74, 6) is -0.264. The van der Waals surface area contributed by atoms with Gasteiger partial charge >= 0.3 is 5.97 Å². The summed E-state index contributed by atoms with van der Waals surface area (Å²) in [5.41, 5.74) is -0.764. The minimum atomic E-state index is -0.764. The molecule has 2 aliphatic rings. The van der Waals surface area contributed by atoms with Gasteiger partial charge < -0.3 is 15.4 Å². The first-order valence-electron chi connectivity index (χ1n) is 7.21.